The Balaban J connectivity index is 1.81. The van der Waals surface area contributed by atoms with Gasteiger partial charge in [-0.3, -0.25) is 4.68 Å². The second-order valence-corrected chi connectivity index (χ2v) is 4.91. The molecule has 2 rings (SSSR count). The first-order chi connectivity index (χ1) is 8.25. The number of halogens is 1. The third-order valence-corrected chi connectivity index (χ3v) is 3.25. The molecule has 0 saturated heterocycles. The Kier molecular flexibility index (Phi) is 4.34. The van der Waals surface area contributed by atoms with Crippen molar-refractivity contribution in [3.8, 4) is 0 Å². The maximum absolute atomic E-state index is 4.17. The van der Waals surface area contributed by atoms with Gasteiger partial charge in [0.25, 0.3) is 0 Å². The SMILES string of the molecule is C[C@@H](NCCn1cccn1)c1ccc(Br)cc1. The number of nitrogens with one attached hydrogen (secondary N) is 1. The highest BCUT2D eigenvalue weighted by Gasteiger charge is 2.03. The molecule has 17 heavy (non-hydrogen) atoms. The lowest BCUT2D eigenvalue weighted by Crippen LogP contribution is -2.23. The zero-order valence-corrected chi connectivity index (χ0v) is 11.4. The molecule has 1 aromatic heterocycles. The maximum Gasteiger partial charge on any atom is 0.0534 e. The standard InChI is InChI=1S/C13H16BrN3/c1-11(12-3-5-13(14)6-4-12)15-8-10-17-9-2-7-16-17/h2-7,9,11,15H,8,10H2,1H3/t11-/m1/s1. The average Bonchev–Trinajstić information content (AvgIpc) is 2.83. The van der Waals surface area contributed by atoms with E-state index >= 15 is 0 Å². The molecule has 1 atom stereocenters. The summed E-state index contributed by atoms with van der Waals surface area (Å²) in [5.41, 5.74) is 1.30. The molecule has 0 aliphatic rings. The van der Waals surface area contributed by atoms with Crippen LogP contribution in [0.5, 0.6) is 0 Å². The lowest BCUT2D eigenvalue weighted by atomic mass is 10.1. The summed E-state index contributed by atoms with van der Waals surface area (Å²) in [6, 6.07) is 10.7. The van der Waals surface area contributed by atoms with Crippen LogP contribution in [0.2, 0.25) is 0 Å². The Morgan fingerprint density at radius 2 is 2.12 bits per heavy atom. The van der Waals surface area contributed by atoms with Gasteiger partial charge in [0.1, 0.15) is 0 Å². The van der Waals surface area contributed by atoms with Gasteiger partial charge in [-0.15, -0.1) is 0 Å². The predicted molar refractivity (Wildman–Crippen MR) is 72.8 cm³/mol. The van der Waals surface area contributed by atoms with Gasteiger partial charge in [0.15, 0.2) is 0 Å². The minimum Gasteiger partial charge on any atom is -0.308 e. The number of hydrogen-bond donors (Lipinski definition) is 1. The van der Waals surface area contributed by atoms with Crippen LogP contribution in [-0.2, 0) is 6.54 Å². The number of hydrogen-bond acceptors (Lipinski definition) is 2. The van der Waals surface area contributed by atoms with Gasteiger partial charge in [-0.05, 0) is 30.7 Å². The van der Waals surface area contributed by atoms with Crippen LogP contribution < -0.4 is 5.32 Å². The molecular weight excluding hydrogens is 278 g/mol. The van der Waals surface area contributed by atoms with E-state index in [2.05, 4.69) is 57.5 Å². The first kappa shape index (κ1) is 12.3. The van der Waals surface area contributed by atoms with E-state index in [0.29, 0.717) is 6.04 Å². The molecule has 0 amide bonds. The predicted octanol–water partition coefficient (Wildman–Crippen LogP) is 3.00. The van der Waals surface area contributed by atoms with Gasteiger partial charge in [-0.1, -0.05) is 28.1 Å². The second kappa shape index (κ2) is 5.98. The molecule has 3 nitrogen and oxygen atoms in total. The van der Waals surface area contributed by atoms with Crippen LogP contribution in [-0.4, -0.2) is 16.3 Å². The number of rotatable bonds is 5. The van der Waals surface area contributed by atoms with Crippen LogP contribution in [0.3, 0.4) is 0 Å². The molecule has 1 aromatic carbocycles. The Bertz CT molecular complexity index is 436. The van der Waals surface area contributed by atoms with Crippen molar-refractivity contribution in [1.82, 2.24) is 15.1 Å². The molecule has 4 heteroatoms. The molecule has 0 saturated carbocycles. The van der Waals surface area contributed by atoms with E-state index < -0.39 is 0 Å². The summed E-state index contributed by atoms with van der Waals surface area (Å²) >= 11 is 3.44. The molecule has 0 radical (unpaired) electrons. The Morgan fingerprint density at radius 1 is 1.35 bits per heavy atom. The molecule has 1 N–H and O–H groups in total. The molecule has 0 spiro atoms. The highest BCUT2D eigenvalue weighted by molar-refractivity contribution is 9.10. The summed E-state index contributed by atoms with van der Waals surface area (Å²) in [7, 11) is 0. The fourth-order valence-electron chi connectivity index (χ4n) is 1.70. The van der Waals surface area contributed by atoms with Gasteiger partial charge < -0.3 is 5.32 Å². The summed E-state index contributed by atoms with van der Waals surface area (Å²) in [5.74, 6) is 0. The zero-order valence-electron chi connectivity index (χ0n) is 9.81. The fraction of sp³-hybridized carbons (Fsp3) is 0.308. The molecule has 0 fully saturated rings. The Morgan fingerprint density at radius 3 is 2.76 bits per heavy atom. The molecular formula is C13H16BrN3. The largest absolute Gasteiger partial charge is 0.308 e. The molecule has 1 heterocycles. The van der Waals surface area contributed by atoms with E-state index in [1.54, 1.807) is 6.20 Å². The number of nitrogens with zero attached hydrogens (tertiary/aromatic N) is 2. The summed E-state index contributed by atoms with van der Waals surface area (Å²) in [6.07, 6.45) is 3.78. The molecule has 90 valence electrons. The molecule has 0 bridgehead atoms. The quantitative estimate of drug-likeness (QED) is 0.918. The van der Waals surface area contributed by atoms with Crippen molar-refractivity contribution in [3.63, 3.8) is 0 Å². The van der Waals surface area contributed by atoms with Gasteiger partial charge in [0.2, 0.25) is 0 Å². The van der Waals surface area contributed by atoms with Crippen molar-refractivity contribution >= 4 is 15.9 Å². The Hall–Kier alpha value is -1.13. The van der Waals surface area contributed by atoms with E-state index in [1.807, 2.05) is 16.9 Å². The summed E-state index contributed by atoms with van der Waals surface area (Å²) in [6.45, 7) is 3.99. The average molecular weight is 294 g/mol. The summed E-state index contributed by atoms with van der Waals surface area (Å²) in [5, 5.41) is 7.65. The summed E-state index contributed by atoms with van der Waals surface area (Å²) in [4.78, 5) is 0. The van der Waals surface area contributed by atoms with E-state index in [4.69, 9.17) is 0 Å². The van der Waals surface area contributed by atoms with Crippen LogP contribution in [0.4, 0.5) is 0 Å². The van der Waals surface area contributed by atoms with Crippen molar-refractivity contribution < 1.29 is 0 Å². The summed E-state index contributed by atoms with van der Waals surface area (Å²) < 4.78 is 3.05. The molecule has 2 aromatic rings. The van der Waals surface area contributed by atoms with Gasteiger partial charge >= 0.3 is 0 Å². The molecule has 0 aliphatic carbocycles. The first-order valence-corrected chi connectivity index (χ1v) is 6.51. The van der Waals surface area contributed by atoms with Gasteiger partial charge in [0.05, 0.1) is 6.54 Å². The van der Waals surface area contributed by atoms with Crippen molar-refractivity contribution in [2.75, 3.05) is 6.54 Å². The maximum atomic E-state index is 4.17. The Labute approximate surface area is 110 Å². The van der Waals surface area contributed by atoms with Gasteiger partial charge in [-0.25, -0.2) is 0 Å². The highest BCUT2D eigenvalue weighted by atomic mass is 79.9. The zero-order chi connectivity index (χ0) is 12.1. The van der Waals surface area contributed by atoms with Crippen molar-refractivity contribution in [1.29, 1.82) is 0 Å². The molecule has 0 aliphatic heterocycles. The number of benzene rings is 1. The third kappa shape index (κ3) is 3.68. The third-order valence-electron chi connectivity index (χ3n) is 2.72. The van der Waals surface area contributed by atoms with Crippen LogP contribution in [0.15, 0.2) is 47.2 Å². The van der Waals surface area contributed by atoms with Crippen LogP contribution in [0.25, 0.3) is 0 Å². The van der Waals surface area contributed by atoms with E-state index in [9.17, 15) is 0 Å². The minimum absolute atomic E-state index is 0.360. The smallest absolute Gasteiger partial charge is 0.0534 e. The van der Waals surface area contributed by atoms with Gasteiger partial charge in [0, 0.05) is 29.5 Å². The normalized spacial score (nSPS) is 12.6. The van der Waals surface area contributed by atoms with Crippen LogP contribution >= 0.6 is 15.9 Å². The second-order valence-electron chi connectivity index (χ2n) is 4.00. The van der Waals surface area contributed by atoms with E-state index in [1.165, 1.54) is 5.56 Å². The van der Waals surface area contributed by atoms with Gasteiger partial charge in [-0.2, -0.15) is 5.10 Å². The van der Waals surface area contributed by atoms with Crippen molar-refractivity contribution in [2.45, 2.75) is 19.5 Å². The fourth-order valence-corrected chi connectivity index (χ4v) is 1.96. The number of aromatic nitrogens is 2. The van der Waals surface area contributed by atoms with E-state index in [0.717, 1.165) is 17.6 Å². The van der Waals surface area contributed by atoms with Crippen LogP contribution in [0.1, 0.15) is 18.5 Å². The lowest BCUT2D eigenvalue weighted by molar-refractivity contribution is 0.507. The van der Waals surface area contributed by atoms with Crippen LogP contribution in [0, 0.1) is 0 Å². The lowest BCUT2D eigenvalue weighted by Gasteiger charge is -2.14. The van der Waals surface area contributed by atoms with E-state index in [-0.39, 0.29) is 0 Å². The molecule has 0 unspecified atom stereocenters. The highest BCUT2D eigenvalue weighted by Crippen LogP contribution is 2.16. The van der Waals surface area contributed by atoms with Crippen molar-refractivity contribution in [2.24, 2.45) is 0 Å². The monoisotopic (exact) mass is 293 g/mol. The van der Waals surface area contributed by atoms with Crippen molar-refractivity contribution in [3.05, 3.63) is 52.8 Å². The minimum atomic E-state index is 0.360. The topological polar surface area (TPSA) is 29.9 Å². The first-order valence-electron chi connectivity index (χ1n) is 5.72.